The molecule has 0 radical (unpaired) electrons. The average molecular weight is 463 g/mol. The third kappa shape index (κ3) is 4.10. The number of β-lactam (4-membered cyclic amide) rings is 1. The lowest BCUT2D eigenvalue weighted by atomic mass is 9.92. The van der Waals surface area contributed by atoms with E-state index < -0.39 is 65.3 Å². The molecule has 168 valence electrons. The standard InChI is InChI=1S/C16H16F3N5O6S/c1-5(25)30-7-4-31-11-8(10(26)24(11)9(7)12(27)28)23-14(29)16(20,13(17)18)2-6-3-21-15(19)22-6/h3,8,11,13H,2,4,20H2,1H3,(H,21,22)(H,23,29)(H,27,28). The minimum atomic E-state index is -3.38. The zero-order valence-corrected chi connectivity index (χ0v) is 16.5. The van der Waals surface area contributed by atoms with Crippen LogP contribution in [0.1, 0.15) is 12.6 Å². The molecule has 0 spiro atoms. The van der Waals surface area contributed by atoms with Crippen molar-refractivity contribution in [2.45, 2.75) is 36.7 Å². The van der Waals surface area contributed by atoms with Gasteiger partial charge >= 0.3 is 11.9 Å². The molecule has 0 aromatic carbocycles. The number of H-pyrrole nitrogens is 1. The van der Waals surface area contributed by atoms with Gasteiger partial charge in [0.05, 0.1) is 11.9 Å². The SMILES string of the molecule is CC(=O)OC1=C(C(=O)O)N2C(=O)C(NC(=O)C(N)(Cc3cnc(F)[nH]3)C(F)F)C2SC1. The fourth-order valence-electron chi connectivity index (χ4n) is 3.11. The number of alkyl halides is 2. The van der Waals surface area contributed by atoms with Crippen molar-refractivity contribution in [1.82, 2.24) is 20.2 Å². The van der Waals surface area contributed by atoms with Gasteiger partial charge in [0.2, 0.25) is 5.91 Å². The summed E-state index contributed by atoms with van der Waals surface area (Å²) in [6.45, 7) is 1.06. The first-order chi connectivity index (χ1) is 14.5. The predicted molar refractivity (Wildman–Crippen MR) is 96.6 cm³/mol. The number of nitrogens with zero attached hydrogens (tertiary/aromatic N) is 2. The van der Waals surface area contributed by atoms with Gasteiger partial charge in [0.25, 0.3) is 18.4 Å². The Kier molecular flexibility index (Phi) is 6.00. The van der Waals surface area contributed by atoms with E-state index in [1.54, 1.807) is 0 Å². The fourth-order valence-corrected chi connectivity index (χ4v) is 4.36. The molecule has 3 unspecified atom stereocenters. The molecule has 3 heterocycles. The van der Waals surface area contributed by atoms with Crippen molar-refractivity contribution in [2.75, 3.05) is 5.75 Å². The second-order valence-corrected chi connectivity index (χ2v) is 7.85. The number of aromatic amines is 1. The smallest absolute Gasteiger partial charge is 0.356 e. The van der Waals surface area contributed by atoms with Gasteiger partial charge in [-0.3, -0.25) is 19.3 Å². The van der Waals surface area contributed by atoms with Gasteiger partial charge in [-0.15, -0.1) is 11.8 Å². The molecule has 2 aliphatic rings. The Morgan fingerprint density at radius 2 is 2.19 bits per heavy atom. The number of thioether (sulfide) groups is 1. The number of esters is 1. The first kappa shape index (κ1) is 22.6. The van der Waals surface area contributed by atoms with E-state index >= 15 is 0 Å². The van der Waals surface area contributed by atoms with Crippen LogP contribution < -0.4 is 11.1 Å². The molecule has 1 aromatic heterocycles. The highest BCUT2D eigenvalue weighted by Crippen LogP contribution is 2.40. The molecule has 2 aliphatic heterocycles. The van der Waals surface area contributed by atoms with E-state index in [0.29, 0.717) is 0 Å². The largest absolute Gasteiger partial charge is 0.476 e. The Balaban J connectivity index is 1.78. The molecule has 31 heavy (non-hydrogen) atoms. The lowest BCUT2D eigenvalue weighted by molar-refractivity contribution is -0.153. The van der Waals surface area contributed by atoms with Crippen LogP contribution in [-0.2, 0) is 30.3 Å². The van der Waals surface area contributed by atoms with Gasteiger partial charge in [-0.1, -0.05) is 0 Å². The lowest BCUT2D eigenvalue weighted by Gasteiger charge is -2.49. The molecular formula is C16H16F3N5O6S. The van der Waals surface area contributed by atoms with Crippen LogP contribution in [0, 0.1) is 6.08 Å². The van der Waals surface area contributed by atoms with Gasteiger partial charge in [0, 0.05) is 19.0 Å². The van der Waals surface area contributed by atoms with Gasteiger partial charge in [-0.2, -0.15) is 4.39 Å². The van der Waals surface area contributed by atoms with E-state index in [9.17, 15) is 37.5 Å². The maximum absolute atomic E-state index is 13.6. The van der Waals surface area contributed by atoms with Crippen LogP contribution in [0.25, 0.3) is 0 Å². The van der Waals surface area contributed by atoms with E-state index in [-0.39, 0.29) is 17.2 Å². The second kappa shape index (κ2) is 8.22. The summed E-state index contributed by atoms with van der Waals surface area (Å²) in [4.78, 5) is 53.8. The summed E-state index contributed by atoms with van der Waals surface area (Å²) in [5.74, 6) is -4.98. The molecule has 0 saturated carbocycles. The van der Waals surface area contributed by atoms with Gasteiger partial charge in [-0.05, 0) is 0 Å². The number of carboxylic acids is 1. The van der Waals surface area contributed by atoms with Crippen molar-refractivity contribution in [1.29, 1.82) is 0 Å². The number of halogens is 3. The number of carbonyl (C=O) groups is 4. The zero-order chi connectivity index (χ0) is 23.1. The Hall–Kier alpha value is -3.07. The third-order valence-electron chi connectivity index (χ3n) is 4.58. The zero-order valence-electron chi connectivity index (χ0n) is 15.7. The summed E-state index contributed by atoms with van der Waals surface area (Å²) in [6.07, 6.45) is -4.33. The number of imidazole rings is 1. The number of carboxylic acid groups (broad SMARTS) is 1. The van der Waals surface area contributed by atoms with Crippen LogP contribution in [-0.4, -0.2) is 72.9 Å². The first-order valence-electron chi connectivity index (χ1n) is 8.62. The summed E-state index contributed by atoms with van der Waals surface area (Å²) in [5, 5.41) is 10.6. The molecule has 2 amide bonds. The van der Waals surface area contributed by atoms with Crippen molar-refractivity contribution < 1.29 is 42.2 Å². The number of rotatable bonds is 7. The number of carbonyl (C=O) groups excluding carboxylic acids is 3. The van der Waals surface area contributed by atoms with Crippen molar-refractivity contribution in [3.8, 4) is 0 Å². The Bertz CT molecular complexity index is 985. The van der Waals surface area contributed by atoms with Crippen LogP contribution in [0.15, 0.2) is 17.7 Å². The van der Waals surface area contributed by atoms with E-state index in [2.05, 4.69) is 15.3 Å². The molecule has 0 aliphatic carbocycles. The summed E-state index contributed by atoms with van der Waals surface area (Å²) in [5.41, 5.74) is 2.05. The lowest BCUT2D eigenvalue weighted by Crippen LogP contribution is -2.73. The molecular weight excluding hydrogens is 447 g/mol. The number of aromatic nitrogens is 2. The van der Waals surface area contributed by atoms with Gasteiger partial charge < -0.3 is 25.9 Å². The number of hydrogen-bond donors (Lipinski definition) is 4. The van der Waals surface area contributed by atoms with Crippen molar-refractivity contribution in [3.63, 3.8) is 0 Å². The maximum Gasteiger partial charge on any atom is 0.356 e. The fraction of sp³-hybridized carbons (Fsp3) is 0.438. The molecule has 11 nitrogen and oxygen atoms in total. The van der Waals surface area contributed by atoms with Gasteiger partial charge in [0.1, 0.15) is 17.2 Å². The molecule has 15 heteroatoms. The number of amides is 2. The van der Waals surface area contributed by atoms with E-state index in [1.807, 2.05) is 0 Å². The van der Waals surface area contributed by atoms with Crippen LogP contribution >= 0.6 is 11.8 Å². The molecule has 3 rings (SSSR count). The number of aliphatic carboxylic acids is 1. The molecule has 0 bridgehead atoms. The molecule has 1 aromatic rings. The summed E-state index contributed by atoms with van der Waals surface area (Å²) < 4.78 is 45.1. The van der Waals surface area contributed by atoms with E-state index in [4.69, 9.17) is 10.5 Å². The second-order valence-electron chi connectivity index (χ2n) is 6.75. The van der Waals surface area contributed by atoms with Crippen molar-refractivity contribution >= 4 is 35.5 Å². The monoisotopic (exact) mass is 463 g/mol. The topological polar surface area (TPSA) is 168 Å². The molecule has 3 atom stereocenters. The van der Waals surface area contributed by atoms with E-state index in [1.165, 1.54) is 0 Å². The minimum Gasteiger partial charge on any atom is -0.476 e. The highest BCUT2D eigenvalue weighted by atomic mass is 32.2. The number of ether oxygens (including phenoxy) is 1. The van der Waals surface area contributed by atoms with Crippen LogP contribution in [0.3, 0.4) is 0 Å². The summed E-state index contributed by atoms with van der Waals surface area (Å²) in [6, 6.07) is -1.34. The maximum atomic E-state index is 13.6. The summed E-state index contributed by atoms with van der Waals surface area (Å²) in [7, 11) is 0. The number of hydrogen-bond acceptors (Lipinski definition) is 8. The normalized spacial score (nSPS) is 22.5. The van der Waals surface area contributed by atoms with Crippen LogP contribution in [0.4, 0.5) is 13.2 Å². The predicted octanol–water partition coefficient (Wildman–Crippen LogP) is -0.687. The molecule has 5 N–H and O–H groups in total. The van der Waals surface area contributed by atoms with Crippen molar-refractivity contribution in [3.05, 3.63) is 29.4 Å². The minimum absolute atomic E-state index is 0.113. The quantitative estimate of drug-likeness (QED) is 0.302. The highest BCUT2D eigenvalue weighted by molar-refractivity contribution is 8.00. The Morgan fingerprint density at radius 3 is 2.71 bits per heavy atom. The number of nitrogens with one attached hydrogen (secondary N) is 2. The van der Waals surface area contributed by atoms with Gasteiger partial charge in [-0.25, -0.2) is 18.6 Å². The van der Waals surface area contributed by atoms with Crippen LogP contribution in [0.5, 0.6) is 0 Å². The van der Waals surface area contributed by atoms with Crippen LogP contribution in [0.2, 0.25) is 0 Å². The first-order valence-corrected chi connectivity index (χ1v) is 9.67. The summed E-state index contributed by atoms with van der Waals surface area (Å²) >= 11 is 0.962. The molecule has 1 saturated heterocycles. The molecule has 1 fully saturated rings. The van der Waals surface area contributed by atoms with E-state index in [0.717, 1.165) is 29.8 Å². The highest BCUT2D eigenvalue weighted by Gasteiger charge is 2.57. The third-order valence-corrected chi connectivity index (χ3v) is 5.84. The van der Waals surface area contributed by atoms with Crippen molar-refractivity contribution in [2.24, 2.45) is 5.73 Å². The Morgan fingerprint density at radius 1 is 1.52 bits per heavy atom. The van der Waals surface area contributed by atoms with Gasteiger partial charge in [0.15, 0.2) is 11.2 Å². The average Bonchev–Trinajstić information content (AvgIpc) is 3.08. The number of nitrogens with two attached hydrogens (primary N) is 1. The Labute approximate surface area is 176 Å². The number of fused-ring (bicyclic) bond motifs is 1.